The third kappa shape index (κ3) is 3.88. The van der Waals surface area contributed by atoms with Crippen LogP contribution in [0.25, 0.3) is 0 Å². The number of carbonyl (C=O) groups excluding carboxylic acids is 2. The van der Waals surface area contributed by atoms with E-state index in [1.54, 1.807) is 24.3 Å². The monoisotopic (exact) mass is 356 g/mol. The lowest BCUT2D eigenvalue weighted by Crippen LogP contribution is -2.37. The third-order valence-electron chi connectivity index (χ3n) is 4.28. The van der Waals surface area contributed by atoms with Crippen LogP contribution in [-0.2, 0) is 14.4 Å². The summed E-state index contributed by atoms with van der Waals surface area (Å²) in [6.07, 6.45) is -0.371. The van der Waals surface area contributed by atoms with Crippen molar-refractivity contribution in [1.82, 2.24) is 5.32 Å². The van der Waals surface area contributed by atoms with Crippen LogP contribution < -0.4 is 10.6 Å². The Kier molecular flexibility index (Phi) is 4.97. The van der Waals surface area contributed by atoms with Crippen molar-refractivity contribution >= 4 is 23.5 Å². The van der Waals surface area contributed by atoms with E-state index in [-0.39, 0.29) is 18.7 Å². The molecule has 0 unspecified atom stereocenters. The molecule has 2 amide bonds. The number of halogens is 1. The molecular weight excluding hydrogens is 339 g/mol. The number of para-hydroxylation sites is 1. The van der Waals surface area contributed by atoms with Crippen LogP contribution in [-0.4, -0.2) is 22.9 Å². The van der Waals surface area contributed by atoms with E-state index >= 15 is 0 Å². The van der Waals surface area contributed by atoms with E-state index < -0.39 is 29.7 Å². The van der Waals surface area contributed by atoms with E-state index in [9.17, 15) is 18.8 Å². The van der Waals surface area contributed by atoms with Crippen LogP contribution in [0.15, 0.2) is 48.5 Å². The van der Waals surface area contributed by atoms with E-state index in [4.69, 9.17) is 5.11 Å². The minimum atomic E-state index is -1.10. The van der Waals surface area contributed by atoms with Crippen LogP contribution in [0, 0.1) is 5.82 Å². The molecule has 1 aliphatic heterocycles. The molecule has 26 heavy (non-hydrogen) atoms. The average Bonchev–Trinajstić information content (AvgIpc) is 2.60. The number of benzene rings is 2. The molecule has 0 saturated carbocycles. The number of hydrogen-bond acceptors (Lipinski definition) is 3. The first-order valence-corrected chi connectivity index (χ1v) is 8.10. The fraction of sp³-hybridized carbons (Fsp3) is 0.211. The highest BCUT2D eigenvalue weighted by Gasteiger charge is 2.32. The van der Waals surface area contributed by atoms with Crippen molar-refractivity contribution in [2.24, 2.45) is 0 Å². The highest BCUT2D eigenvalue weighted by molar-refractivity contribution is 6.01. The Labute approximate surface area is 149 Å². The summed E-state index contributed by atoms with van der Waals surface area (Å²) in [7, 11) is 0. The zero-order valence-electron chi connectivity index (χ0n) is 13.7. The third-order valence-corrected chi connectivity index (χ3v) is 4.28. The highest BCUT2D eigenvalue weighted by Crippen LogP contribution is 2.32. The molecule has 0 spiro atoms. The van der Waals surface area contributed by atoms with Gasteiger partial charge in [-0.1, -0.05) is 30.3 Å². The van der Waals surface area contributed by atoms with Crippen LogP contribution in [0.4, 0.5) is 10.1 Å². The van der Waals surface area contributed by atoms with Gasteiger partial charge in [0.1, 0.15) is 5.82 Å². The van der Waals surface area contributed by atoms with Gasteiger partial charge in [-0.05, 0) is 29.3 Å². The molecule has 2 atom stereocenters. The molecule has 0 bridgehead atoms. The second kappa shape index (κ2) is 7.35. The van der Waals surface area contributed by atoms with E-state index in [1.807, 2.05) is 0 Å². The van der Waals surface area contributed by atoms with Crippen molar-refractivity contribution in [1.29, 1.82) is 0 Å². The van der Waals surface area contributed by atoms with Gasteiger partial charge < -0.3 is 15.7 Å². The molecule has 2 aromatic carbocycles. The Balaban J connectivity index is 1.85. The molecule has 2 aromatic rings. The van der Waals surface area contributed by atoms with Gasteiger partial charge in [-0.25, -0.2) is 4.39 Å². The van der Waals surface area contributed by atoms with E-state index in [0.29, 0.717) is 16.8 Å². The van der Waals surface area contributed by atoms with Gasteiger partial charge in [0.15, 0.2) is 0 Å². The molecule has 0 aromatic heterocycles. The quantitative estimate of drug-likeness (QED) is 0.767. The standard InChI is InChI=1S/C19H17FN2O4/c20-12-7-5-11(6-8-12)16(10-18(24)25)22-19(26)14-9-17(23)21-15-4-2-1-3-13(14)15/h1-8,14,16H,9-10H2,(H,21,23)(H,22,26)(H,24,25)/t14-,16-/m0/s1. The minimum absolute atomic E-state index is 0.0218. The van der Waals surface area contributed by atoms with Gasteiger partial charge in [-0.2, -0.15) is 0 Å². The number of hydrogen-bond donors (Lipinski definition) is 3. The number of amides is 2. The lowest BCUT2D eigenvalue weighted by molar-refractivity contribution is -0.138. The number of fused-ring (bicyclic) bond motifs is 1. The van der Waals surface area contributed by atoms with Crippen LogP contribution in [0.5, 0.6) is 0 Å². The molecule has 6 nitrogen and oxygen atoms in total. The zero-order chi connectivity index (χ0) is 18.7. The van der Waals surface area contributed by atoms with Gasteiger partial charge in [0.2, 0.25) is 11.8 Å². The average molecular weight is 356 g/mol. The second-order valence-electron chi connectivity index (χ2n) is 6.10. The van der Waals surface area contributed by atoms with Gasteiger partial charge in [0.05, 0.1) is 18.4 Å². The number of carboxylic acid groups (broad SMARTS) is 1. The maximum Gasteiger partial charge on any atom is 0.305 e. The molecule has 0 aliphatic carbocycles. The van der Waals surface area contributed by atoms with Crippen molar-refractivity contribution in [3.63, 3.8) is 0 Å². The maximum atomic E-state index is 13.1. The molecule has 1 aliphatic rings. The van der Waals surface area contributed by atoms with Crippen molar-refractivity contribution in [3.8, 4) is 0 Å². The summed E-state index contributed by atoms with van der Waals surface area (Å²) in [5.74, 6) is -2.98. The lowest BCUT2D eigenvalue weighted by atomic mass is 9.89. The van der Waals surface area contributed by atoms with Gasteiger partial charge in [0.25, 0.3) is 0 Å². The molecular formula is C19H17FN2O4. The van der Waals surface area contributed by atoms with Gasteiger partial charge in [0, 0.05) is 12.1 Å². The Morgan fingerprint density at radius 1 is 1.19 bits per heavy atom. The van der Waals surface area contributed by atoms with Crippen molar-refractivity contribution in [2.45, 2.75) is 24.8 Å². The topological polar surface area (TPSA) is 95.5 Å². The Bertz CT molecular complexity index is 851. The molecule has 1 heterocycles. The number of anilines is 1. The first-order valence-electron chi connectivity index (χ1n) is 8.10. The molecule has 7 heteroatoms. The summed E-state index contributed by atoms with van der Waals surface area (Å²) in [6.45, 7) is 0. The van der Waals surface area contributed by atoms with Gasteiger partial charge in [-0.15, -0.1) is 0 Å². The largest absolute Gasteiger partial charge is 0.481 e. The zero-order valence-corrected chi connectivity index (χ0v) is 13.7. The van der Waals surface area contributed by atoms with E-state index in [2.05, 4.69) is 10.6 Å². The summed E-state index contributed by atoms with van der Waals surface area (Å²) in [5.41, 5.74) is 1.73. The smallest absolute Gasteiger partial charge is 0.305 e. The molecule has 0 fully saturated rings. The predicted molar refractivity (Wildman–Crippen MR) is 92.0 cm³/mol. The first kappa shape index (κ1) is 17.6. The Morgan fingerprint density at radius 2 is 1.88 bits per heavy atom. The fourth-order valence-electron chi connectivity index (χ4n) is 3.04. The van der Waals surface area contributed by atoms with Crippen molar-refractivity contribution < 1.29 is 23.9 Å². The summed E-state index contributed by atoms with van der Waals surface area (Å²) in [5, 5.41) is 14.5. The number of nitrogens with one attached hydrogen (secondary N) is 2. The Morgan fingerprint density at radius 3 is 2.58 bits per heavy atom. The van der Waals surface area contributed by atoms with Crippen LogP contribution in [0.1, 0.15) is 35.9 Å². The molecule has 0 radical (unpaired) electrons. The summed E-state index contributed by atoms with van der Waals surface area (Å²) in [6, 6.07) is 11.5. The number of carboxylic acids is 1. The second-order valence-corrected chi connectivity index (χ2v) is 6.10. The number of carbonyl (C=O) groups is 3. The molecule has 3 N–H and O–H groups in total. The Hall–Kier alpha value is -3.22. The van der Waals surface area contributed by atoms with Crippen molar-refractivity contribution in [3.05, 3.63) is 65.5 Å². The highest BCUT2D eigenvalue weighted by atomic mass is 19.1. The van der Waals surface area contributed by atoms with Crippen LogP contribution >= 0.6 is 0 Å². The summed E-state index contributed by atoms with van der Waals surface area (Å²) < 4.78 is 13.1. The molecule has 0 saturated heterocycles. The normalized spacial score (nSPS) is 17.0. The van der Waals surface area contributed by atoms with Gasteiger partial charge in [-0.3, -0.25) is 14.4 Å². The molecule has 3 rings (SSSR count). The van der Waals surface area contributed by atoms with E-state index in [0.717, 1.165) is 0 Å². The summed E-state index contributed by atoms with van der Waals surface area (Å²) >= 11 is 0. The van der Waals surface area contributed by atoms with Gasteiger partial charge >= 0.3 is 5.97 Å². The van der Waals surface area contributed by atoms with E-state index in [1.165, 1.54) is 24.3 Å². The maximum absolute atomic E-state index is 13.1. The molecule has 134 valence electrons. The van der Waals surface area contributed by atoms with Crippen LogP contribution in [0.3, 0.4) is 0 Å². The summed E-state index contributed by atoms with van der Waals surface area (Å²) in [4.78, 5) is 35.8. The SMILES string of the molecule is O=C(O)C[C@H](NC(=O)[C@H]1CC(=O)Nc2ccccc21)c1ccc(F)cc1. The first-order chi connectivity index (χ1) is 12.4. The van der Waals surface area contributed by atoms with Crippen molar-refractivity contribution in [2.75, 3.05) is 5.32 Å². The lowest BCUT2D eigenvalue weighted by Gasteiger charge is -2.27. The van der Waals surface area contributed by atoms with Crippen LogP contribution in [0.2, 0.25) is 0 Å². The predicted octanol–water partition coefficient (Wildman–Crippen LogP) is 2.58. The number of rotatable bonds is 5. The number of aliphatic carboxylic acids is 1. The fourth-order valence-corrected chi connectivity index (χ4v) is 3.04. The minimum Gasteiger partial charge on any atom is -0.481 e.